The molecule has 1 amide bonds. The second-order valence-corrected chi connectivity index (χ2v) is 9.81. The number of nitrogens with one attached hydrogen (secondary N) is 1. The molecular formula is C21H32N2O5S. The molecule has 8 heteroatoms. The summed E-state index contributed by atoms with van der Waals surface area (Å²) in [5.41, 5.74) is 0.301. The summed E-state index contributed by atoms with van der Waals surface area (Å²) in [5, 5.41) is 2.83. The lowest BCUT2D eigenvalue weighted by Crippen LogP contribution is -2.32. The van der Waals surface area contributed by atoms with Gasteiger partial charge in [0.25, 0.3) is 5.91 Å². The largest absolute Gasteiger partial charge is 0.495 e. The average Bonchev–Trinajstić information content (AvgIpc) is 3.27. The van der Waals surface area contributed by atoms with Crippen LogP contribution in [0.3, 0.4) is 0 Å². The predicted octanol–water partition coefficient (Wildman–Crippen LogP) is 2.80. The summed E-state index contributed by atoms with van der Waals surface area (Å²) >= 11 is 0. The molecule has 2 fully saturated rings. The van der Waals surface area contributed by atoms with Crippen LogP contribution in [-0.4, -0.2) is 58.1 Å². The van der Waals surface area contributed by atoms with Gasteiger partial charge in [0.05, 0.1) is 19.8 Å². The molecule has 1 aliphatic heterocycles. The molecule has 1 N–H and O–H groups in total. The number of methoxy groups -OCH3 is 1. The molecule has 29 heavy (non-hydrogen) atoms. The fourth-order valence-corrected chi connectivity index (χ4v) is 5.79. The third-order valence-corrected chi connectivity index (χ3v) is 7.78. The van der Waals surface area contributed by atoms with Gasteiger partial charge in [0.2, 0.25) is 10.0 Å². The molecule has 1 aliphatic carbocycles. The lowest BCUT2D eigenvalue weighted by Gasteiger charge is -2.28. The molecule has 0 aromatic heterocycles. The molecule has 162 valence electrons. The van der Waals surface area contributed by atoms with Crippen molar-refractivity contribution in [2.45, 2.75) is 56.4 Å². The SMILES string of the molecule is COc1ccc(C(=O)NCCOC2CCCCC2C)cc1S(=O)(=O)N1CCCC1. The fraction of sp³-hybridized carbons (Fsp3) is 0.667. The highest BCUT2D eigenvalue weighted by Gasteiger charge is 2.30. The molecule has 7 nitrogen and oxygen atoms in total. The van der Waals surface area contributed by atoms with Crippen LogP contribution in [0.1, 0.15) is 55.8 Å². The maximum Gasteiger partial charge on any atom is 0.251 e. The zero-order valence-corrected chi connectivity index (χ0v) is 18.2. The van der Waals surface area contributed by atoms with Crippen molar-refractivity contribution >= 4 is 15.9 Å². The van der Waals surface area contributed by atoms with Gasteiger partial charge in [-0.05, 0) is 49.8 Å². The van der Waals surface area contributed by atoms with Crippen molar-refractivity contribution in [3.05, 3.63) is 23.8 Å². The average molecular weight is 425 g/mol. The number of benzene rings is 1. The first-order valence-electron chi connectivity index (χ1n) is 10.5. The smallest absolute Gasteiger partial charge is 0.251 e. The third kappa shape index (κ3) is 5.29. The van der Waals surface area contributed by atoms with Crippen LogP contribution in [-0.2, 0) is 14.8 Å². The van der Waals surface area contributed by atoms with Crippen LogP contribution < -0.4 is 10.1 Å². The van der Waals surface area contributed by atoms with E-state index >= 15 is 0 Å². The maximum absolute atomic E-state index is 12.9. The van der Waals surface area contributed by atoms with Gasteiger partial charge in [0.1, 0.15) is 10.6 Å². The Hall–Kier alpha value is -1.64. The van der Waals surface area contributed by atoms with E-state index in [-0.39, 0.29) is 22.7 Å². The summed E-state index contributed by atoms with van der Waals surface area (Å²) in [6.07, 6.45) is 6.68. The highest BCUT2D eigenvalue weighted by Crippen LogP contribution is 2.30. The monoisotopic (exact) mass is 424 g/mol. The first-order chi connectivity index (χ1) is 13.9. The van der Waals surface area contributed by atoms with Crippen LogP contribution in [0.4, 0.5) is 0 Å². The van der Waals surface area contributed by atoms with Crippen molar-refractivity contribution in [2.75, 3.05) is 33.4 Å². The number of carbonyl (C=O) groups excluding carboxylic acids is 1. The lowest BCUT2D eigenvalue weighted by molar-refractivity contribution is -0.00294. The topological polar surface area (TPSA) is 84.9 Å². The minimum absolute atomic E-state index is 0.0434. The lowest BCUT2D eigenvalue weighted by atomic mass is 9.88. The summed E-state index contributed by atoms with van der Waals surface area (Å²) in [4.78, 5) is 12.6. The second kappa shape index (κ2) is 9.91. The maximum atomic E-state index is 12.9. The number of nitrogens with zero attached hydrogens (tertiary/aromatic N) is 1. The molecule has 2 atom stereocenters. The normalized spacial score (nSPS) is 23.1. The van der Waals surface area contributed by atoms with E-state index < -0.39 is 10.0 Å². The number of ether oxygens (including phenoxy) is 2. The molecular weight excluding hydrogens is 392 g/mol. The highest BCUT2D eigenvalue weighted by atomic mass is 32.2. The molecule has 1 saturated heterocycles. The number of hydrogen-bond donors (Lipinski definition) is 1. The Balaban J connectivity index is 1.61. The van der Waals surface area contributed by atoms with Gasteiger partial charge >= 0.3 is 0 Å². The Bertz CT molecular complexity index is 805. The molecule has 1 saturated carbocycles. The number of carbonyl (C=O) groups is 1. The van der Waals surface area contributed by atoms with Gasteiger partial charge in [0.15, 0.2) is 0 Å². The Morgan fingerprint density at radius 2 is 1.90 bits per heavy atom. The standard InChI is InChI=1S/C21H32N2O5S/c1-16-7-3-4-8-18(16)28-14-11-22-21(24)17-9-10-19(27-2)20(15-17)29(25,26)23-12-5-6-13-23/h9-10,15-16,18H,3-8,11-14H2,1-2H3,(H,22,24). The van der Waals surface area contributed by atoms with Crippen molar-refractivity contribution in [3.8, 4) is 5.75 Å². The second-order valence-electron chi connectivity index (χ2n) is 7.90. The quantitative estimate of drug-likeness (QED) is 0.649. The van der Waals surface area contributed by atoms with Crippen LogP contribution in [0.2, 0.25) is 0 Å². The van der Waals surface area contributed by atoms with Crippen molar-refractivity contribution < 1.29 is 22.7 Å². The van der Waals surface area contributed by atoms with Gasteiger partial charge in [-0.1, -0.05) is 19.8 Å². The third-order valence-electron chi connectivity index (χ3n) is 5.86. The number of hydrogen-bond acceptors (Lipinski definition) is 5. The van der Waals surface area contributed by atoms with Crippen LogP contribution in [0, 0.1) is 5.92 Å². The van der Waals surface area contributed by atoms with Crippen LogP contribution >= 0.6 is 0 Å². The van der Waals surface area contributed by atoms with Gasteiger partial charge < -0.3 is 14.8 Å². The molecule has 3 rings (SSSR count). The Morgan fingerprint density at radius 3 is 2.59 bits per heavy atom. The van der Waals surface area contributed by atoms with Gasteiger partial charge in [-0.3, -0.25) is 4.79 Å². The van der Waals surface area contributed by atoms with E-state index in [1.165, 1.54) is 42.8 Å². The van der Waals surface area contributed by atoms with E-state index in [0.29, 0.717) is 37.7 Å². The summed E-state index contributed by atoms with van der Waals surface area (Å²) < 4.78 is 38.5. The molecule has 2 aliphatic rings. The molecule has 0 spiro atoms. The Morgan fingerprint density at radius 1 is 1.17 bits per heavy atom. The summed E-state index contributed by atoms with van der Waals surface area (Å²) in [6.45, 7) is 4.05. The fourth-order valence-electron chi connectivity index (χ4n) is 4.09. The van der Waals surface area contributed by atoms with E-state index in [2.05, 4.69) is 12.2 Å². The molecule has 0 bridgehead atoms. The predicted molar refractivity (Wildman–Crippen MR) is 111 cm³/mol. The molecule has 1 heterocycles. The first-order valence-corrected chi connectivity index (χ1v) is 12.0. The van der Waals surface area contributed by atoms with Gasteiger partial charge in [-0.15, -0.1) is 0 Å². The van der Waals surface area contributed by atoms with Gasteiger partial charge in [0, 0.05) is 25.2 Å². The number of rotatable bonds is 8. The highest BCUT2D eigenvalue weighted by molar-refractivity contribution is 7.89. The molecule has 1 aromatic rings. The summed E-state index contributed by atoms with van der Waals surface area (Å²) in [6, 6.07) is 4.53. The van der Waals surface area contributed by atoms with Gasteiger partial charge in [-0.25, -0.2) is 8.42 Å². The minimum Gasteiger partial charge on any atom is -0.495 e. The van der Waals surface area contributed by atoms with E-state index in [1.54, 1.807) is 6.07 Å². The molecule has 1 aromatic carbocycles. The first kappa shape index (κ1) is 22.1. The van der Waals surface area contributed by atoms with Crippen LogP contribution in [0.25, 0.3) is 0 Å². The summed E-state index contributed by atoms with van der Waals surface area (Å²) in [5.74, 6) is 0.494. The number of sulfonamides is 1. The molecule has 0 radical (unpaired) electrons. The zero-order valence-electron chi connectivity index (χ0n) is 17.4. The van der Waals surface area contributed by atoms with Crippen molar-refractivity contribution in [2.24, 2.45) is 5.92 Å². The number of amides is 1. The Labute approximate surface area is 173 Å². The van der Waals surface area contributed by atoms with Gasteiger partial charge in [-0.2, -0.15) is 4.31 Å². The van der Waals surface area contributed by atoms with Crippen LogP contribution in [0.15, 0.2) is 23.1 Å². The van der Waals surface area contributed by atoms with Crippen molar-refractivity contribution in [1.29, 1.82) is 0 Å². The van der Waals surface area contributed by atoms with E-state index in [9.17, 15) is 13.2 Å². The zero-order chi connectivity index (χ0) is 20.9. The molecule has 2 unspecified atom stereocenters. The summed E-state index contributed by atoms with van der Waals surface area (Å²) in [7, 11) is -2.25. The Kier molecular flexibility index (Phi) is 7.54. The van der Waals surface area contributed by atoms with Crippen molar-refractivity contribution in [1.82, 2.24) is 9.62 Å². The minimum atomic E-state index is -3.68. The van der Waals surface area contributed by atoms with Crippen molar-refractivity contribution in [3.63, 3.8) is 0 Å². The van der Waals surface area contributed by atoms with Crippen LogP contribution in [0.5, 0.6) is 5.75 Å². The van der Waals surface area contributed by atoms with E-state index in [1.807, 2.05) is 0 Å². The van der Waals surface area contributed by atoms with E-state index in [4.69, 9.17) is 9.47 Å². The van der Waals surface area contributed by atoms with E-state index in [0.717, 1.165) is 19.3 Å².